The van der Waals surface area contributed by atoms with Crippen molar-refractivity contribution in [3.63, 3.8) is 0 Å². The number of carbonyl (C=O) groups is 1. The summed E-state index contributed by atoms with van der Waals surface area (Å²) in [4.78, 5) is 13.8. The average molecular weight is 282 g/mol. The van der Waals surface area contributed by atoms with Crippen LogP contribution in [0.25, 0.3) is 0 Å². The second-order valence-electron chi connectivity index (χ2n) is 4.41. The van der Waals surface area contributed by atoms with Crippen LogP contribution in [0.5, 0.6) is 11.5 Å². The number of nitrogens with zero attached hydrogens (tertiary/aromatic N) is 2. The summed E-state index contributed by atoms with van der Waals surface area (Å²) in [6.45, 7) is 0. The summed E-state index contributed by atoms with van der Waals surface area (Å²) in [6, 6.07) is 13.2. The molecule has 0 bridgehead atoms. The number of methoxy groups -OCH3 is 1. The van der Waals surface area contributed by atoms with Gasteiger partial charge < -0.3 is 14.7 Å². The summed E-state index contributed by atoms with van der Waals surface area (Å²) < 4.78 is 4.94. The molecule has 5 heteroatoms. The first-order chi connectivity index (χ1) is 10.1. The van der Waals surface area contributed by atoms with Crippen molar-refractivity contribution in [1.82, 2.24) is 0 Å². The molecule has 0 saturated heterocycles. The molecule has 0 saturated carbocycles. The predicted molar refractivity (Wildman–Crippen MR) is 78.5 cm³/mol. The molecule has 1 N–H and O–H groups in total. The van der Waals surface area contributed by atoms with E-state index in [1.54, 1.807) is 37.4 Å². The molecule has 0 aliphatic heterocycles. The summed E-state index contributed by atoms with van der Waals surface area (Å²) in [5.74, 6) is -0.0775. The minimum atomic E-state index is -0.289. The van der Waals surface area contributed by atoms with E-state index in [1.807, 2.05) is 6.07 Å². The van der Waals surface area contributed by atoms with Crippen molar-refractivity contribution in [3.8, 4) is 17.6 Å². The Balaban J connectivity index is 2.30. The van der Waals surface area contributed by atoms with Crippen molar-refractivity contribution in [2.45, 2.75) is 0 Å². The first-order valence-electron chi connectivity index (χ1n) is 6.22. The number of aromatic hydroxyl groups is 1. The van der Waals surface area contributed by atoms with E-state index >= 15 is 0 Å². The van der Waals surface area contributed by atoms with Crippen molar-refractivity contribution in [2.24, 2.45) is 0 Å². The Kier molecular flexibility index (Phi) is 4.10. The molecular weight excluding hydrogens is 268 g/mol. The summed E-state index contributed by atoms with van der Waals surface area (Å²) in [6.07, 6.45) is 0. The third-order valence-corrected chi connectivity index (χ3v) is 3.09. The van der Waals surface area contributed by atoms with Crippen molar-refractivity contribution in [2.75, 3.05) is 19.1 Å². The minimum absolute atomic E-state index is 0.0949. The lowest BCUT2D eigenvalue weighted by molar-refractivity contribution is 0.0992. The molecule has 2 aromatic carbocycles. The van der Waals surface area contributed by atoms with Crippen molar-refractivity contribution in [1.29, 1.82) is 5.26 Å². The number of anilines is 1. The van der Waals surface area contributed by atoms with Gasteiger partial charge in [-0.15, -0.1) is 0 Å². The second kappa shape index (κ2) is 5.97. The maximum Gasteiger partial charge on any atom is 0.258 e. The van der Waals surface area contributed by atoms with Crippen LogP contribution in [0.4, 0.5) is 5.69 Å². The van der Waals surface area contributed by atoms with Gasteiger partial charge in [-0.05, 0) is 36.4 Å². The Morgan fingerprint density at radius 1 is 1.29 bits per heavy atom. The fourth-order valence-electron chi connectivity index (χ4n) is 1.92. The van der Waals surface area contributed by atoms with E-state index in [1.165, 1.54) is 24.1 Å². The Hall–Kier alpha value is -3.00. The number of nitriles is 1. The third kappa shape index (κ3) is 2.95. The summed E-state index contributed by atoms with van der Waals surface area (Å²) >= 11 is 0. The van der Waals surface area contributed by atoms with Gasteiger partial charge >= 0.3 is 0 Å². The fourth-order valence-corrected chi connectivity index (χ4v) is 1.92. The van der Waals surface area contributed by atoms with Gasteiger partial charge in [0.25, 0.3) is 5.91 Å². The Morgan fingerprint density at radius 2 is 2.05 bits per heavy atom. The highest BCUT2D eigenvalue weighted by atomic mass is 16.5. The highest BCUT2D eigenvalue weighted by Crippen LogP contribution is 2.27. The van der Waals surface area contributed by atoms with Crippen molar-refractivity contribution >= 4 is 11.6 Å². The van der Waals surface area contributed by atoms with Crippen LogP contribution in [0.15, 0.2) is 42.5 Å². The van der Waals surface area contributed by atoms with E-state index in [0.717, 1.165) is 0 Å². The van der Waals surface area contributed by atoms with Crippen LogP contribution in [0.1, 0.15) is 15.9 Å². The van der Waals surface area contributed by atoms with Crippen LogP contribution in [-0.4, -0.2) is 25.2 Å². The van der Waals surface area contributed by atoms with Gasteiger partial charge in [0.1, 0.15) is 0 Å². The topological polar surface area (TPSA) is 73.6 Å². The van der Waals surface area contributed by atoms with Gasteiger partial charge in [-0.25, -0.2) is 0 Å². The Labute approximate surface area is 122 Å². The van der Waals surface area contributed by atoms with E-state index in [0.29, 0.717) is 22.6 Å². The number of hydrogen-bond acceptors (Lipinski definition) is 4. The lowest BCUT2D eigenvalue weighted by Gasteiger charge is -2.18. The van der Waals surface area contributed by atoms with Crippen molar-refractivity contribution in [3.05, 3.63) is 53.6 Å². The standard InChI is InChI=1S/C16H14N2O3/c1-18(13-5-3-4-11(8-13)10-17)16(20)12-6-7-15(21-2)14(19)9-12/h3-9,19H,1-2H3. The van der Waals surface area contributed by atoms with Crippen LogP contribution in [-0.2, 0) is 0 Å². The van der Waals surface area contributed by atoms with Gasteiger partial charge in [-0.2, -0.15) is 5.26 Å². The summed E-state index contributed by atoms with van der Waals surface area (Å²) in [5.41, 5.74) is 1.41. The van der Waals surface area contributed by atoms with Crippen molar-refractivity contribution < 1.29 is 14.6 Å². The molecule has 0 aliphatic carbocycles. The first-order valence-corrected chi connectivity index (χ1v) is 6.22. The number of hydrogen-bond donors (Lipinski definition) is 1. The quantitative estimate of drug-likeness (QED) is 0.938. The maximum absolute atomic E-state index is 12.4. The van der Waals surface area contributed by atoms with Crippen LogP contribution < -0.4 is 9.64 Å². The number of benzene rings is 2. The maximum atomic E-state index is 12.4. The number of carbonyl (C=O) groups excluding carboxylic acids is 1. The monoisotopic (exact) mass is 282 g/mol. The molecule has 0 heterocycles. The molecule has 1 amide bonds. The molecule has 5 nitrogen and oxygen atoms in total. The molecule has 0 fully saturated rings. The first kappa shape index (κ1) is 14.4. The molecule has 0 radical (unpaired) electrons. The van der Waals surface area contributed by atoms with E-state index in [2.05, 4.69) is 0 Å². The predicted octanol–water partition coefficient (Wildman–Crippen LogP) is 2.55. The molecule has 2 aromatic rings. The van der Waals surface area contributed by atoms with E-state index in [-0.39, 0.29) is 11.7 Å². The molecule has 0 aromatic heterocycles. The summed E-state index contributed by atoms with van der Waals surface area (Å²) in [5, 5.41) is 18.6. The van der Waals surface area contributed by atoms with E-state index < -0.39 is 0 Å². The Morgan fingerprint density at radius 3 is 2.67 bits per heavy atom. The molecular formula is C16H14N2O3. The number of ether oxygens (including phenoxy) is 1. The number of rotatable bonds is 3. The molecule has 21 heavy (non-hydrogen) atoms. The zero-order valence-corrected chi connectivity index (χ0v) is 11.7. The Bertz CT molecular complexity index is 720. The molecule has 0 aliphatic rings. The number of phenolic OH excluding ortho intramolecular Hbond substituents is 1. The van der Waals surface area contributed by atoms with Crippen LogP contribution in [0.3, 0.4) is 0 Å². The van der Waals surface area contributed by atoms with Gasteiger partial charge in [0.05, 0.1) is 18.7 Å². The van der Waals surface area contributed by atoms with Crippen LogP contribution in [0.2, 0.25) is 0 Å². The summed E-state index contributed by atoms with van der Waals surface area (Å²) in [7, 11) is 3.05. The zero-order chi connectivity index (χ0) is 15.4. The highest BCUT2D eigenvalue weighted by molar-refractivity contribution is 6.06. The SMILES string of the molecule is COc1ccc(C(=O)N(C)c2cccc(C#N)c2)cc1O. The van der Waals surface area contributed by atoms with E-state index in [4.69, 9.17) is 10.00 Å². The smallest absolute Gasteiger partial charge is 0.258 e. The molecule has 0 atom stereocenters. The molecule has 0 unspecified atom stereocenters. The van der Waals surface area contributed by atoms with Gasteiger partial charge in [0, 0.05) is 18.3 Å². The fraction of sp³-hybridized carbons (Fsp3) is 0.125. The van der Waals surface area contributed by atoms with Crippen LogP contribution in [0, 0.1) is 11.3 Å². The minimum Gasteiger partial charge on any atom is -0.504 e. The van der Waals surface area contributed by atoms with Gasteiger partial charge in [0.2, 0.25) is 0 Å². The lowest BCUT2D eigenvalue weighted by atomic mass is 10.1. The normalized spacial score (nSPS) is 9.76. The van der Waals surface area contributed by atoms with E-state index in [9.17, 15) is 9.90 Å². The third-order valence-electron chi connectivity index (χ3n) is 3.09. The zero-order valence-electron chi connectivity index (χ0n) is 11.7. The molecule has 2 rings (SSSR count). The van der Waals surface area contributed by atoms with Gasteiger partial charge in [-0.3, -0.25) is 4.79 Å². The number of phenols is 1. The average Bonchev–Trinajstić information content (AvgIpc) is 2.53. The molecule has 0 spiro atoms. The van der Waals surface area contributed by atoms with Gasteiger partial charge in [-0.1, -0.05) is 6.07 Å². The molecule has 106 valence electrons. The van der Waals surface area contributed by atoms with Gasteiger partial charge in [0.15, 0.2) is 11.5 Å². The number of amides is 1. The highest BCUT2D eigenvalue weighted by Gasteiger charge is 2.15. The lowest BCUT2D eigenvalue weighted by Crippen LogP contribution is -2.26. The largest absolute Gasteiger partial charge is 0.504 e. The second-order valence-corrected chi connectivity index (χ2v) is 4.41. The van der Waals surface area contributed by atoms with Crippen LogP contribution >= 0.6 is 0 Å².